The topological polar surface area (TPSA) is 59.2 Å². The number of amides is 1. The van der Waals surface area contributed by atoms with Crippen LogP contribution in [0.25, 0.3) is 22.0 Å². The maximum Gasteiger partial charge on any atom is 0.233 e. The average Bonchev–Trinajstić information content (AvgIpc) is 3.17. The molecule has 0 saturated carbocycles. The summed E-state index contributed by atoms with van der Waals surface area (Å²) >= 11 is 1.35. The highest BCUT2D eigenvalue weighted by atomic mass is 32.2. The van der Waals surface area contributed by atoms with Gasteiger partial charge in [0.2, 0.25) is 5.91 Å². The van der Waals surface area contributed by atoms with Crippen molar-refractivity contribution in [3.05, 3.63) is 78.0 Å². The van der Waals surface area contributed by atoms with E-state index in [9.17, 15) is 9.18 Å². The summed E-state index contributed by atoms with van der Waals surface area (Å²) in [6.45, 7) is 2.30. The zero-order valence-corrected chi connectivity index (χ0v) is 17.4. The molecule has 0 spiro atoms. The number of carbonyl (C=O) groups is 1. The Morgan fingerprint density at radius 3 is 2.47 bits per heavy atom. The smallest absolute Gasteiger partial charge is 0.233 e. The third-order valence-corrected chi connectivity index (χ3v) is 5.68. The van der Waals surface area contributed by atoms with Crippen molar-refractivity contribution in [2.24, 2.45) is 0 Å². The predicted molar refractivity (Wildman–Crippen MR) is 116 cm³/mol. The Hall–Kier alpha value is -3.19. The van der Waals surface area contributed by atoms with Gasteiger partial charge in [0.1, 0.15) is 28.1 Å². The van der Waals surface area contributed by atoms with E-state index < -0.39 is 0 Å². The fraction of sp³-hybridized carbons (Fsp3) is 0.174. The first-order valence-electron chi connectivity index (χ1n) is 9.44. The molecule has 0 bridgehead atoms. The van der Waals surface area contributed by atoms with E-state index in [2.05, 4.69) is 10.2 Å². The molecule has 0 atom stereocenters. The zero-order valence-electron chi connectivity index (χ0n) is 16.6. The number of fused-ring (bicyclic) bond motifs is 1. The molecule has 5 nitrogen and oxygen atoms in total. The molecule has 30 heavy (non-hydrogen) atoms. The van der Waals surface area contributed by atoms with Gasteiger partial charge in [0, 0.05) is 23.4 Å². The van der Waals surface area contributed by atoms with Crippen molar-refractivity contribution in [1.29, 1.82) is 0 Å². The number of furan rings is 1. The van der Waals surface area contributed by atoms with Gasteiger partial charge in [-0.25, -0.2) is 4.39 Å². The highest BCUT2D eigenvalue weighted by Crippen LogP contribution is 2.31. The van der Waals surface area contributed by atoms with E-state index in [1.54, 1.807) is 24.1 Å². The summed E-state index contributed by atoms with van der Waals surface area (Å²) in [4.78, 5) is 14.2. The number of aryl methyl sites for hydroxylation is 1. The second-order valence-corrected chi connectivity index (χ2v) is 7.92. The van der Waals surface area contributed by atoms with Gasteiger partial charge in [-0.3, -0.25) is 4.79 Å². The second kappa shape index (κ2) is 8.67. The number of hydrogen-bond donors (Lipinski definition) is 0. The molecule has 0 unspecified atom stereocenters. The monoisotopic (exact) mass is 421 g/mol. The first kappa shape index (κ1) is 20.1. The van der Waals surface area contributed by atoms with E-state index in [4.69, 9.17) is 4.42 Å². The summed E-state index contributed by atoms with van der Waals surface area (Å²) in [5.41, 5.74) is 1.48. The minimum atomic E-state index is -0.296. The van der Waals surface area contributed by atoms with E-state index in [-0.39, 0.29) is 17.5 Å². The number of carbonyl (C=O) groups excluding carboxylic acids is 1. The summed E-state index contributed by atoms with van der Waals surface area (Å²) in [5.74, 6) is 1.49. The number of benzene rings is 2. The Kier molecular flexibility index (Phi) is 5.81. The molecule has 152 valence electrons. The van der Waals surface area contributed by atoms with Crippen LogP contribution in [0, 0.1) is 12.7 Å². The van der Waals surface area contributed by atoms with Gasteiger partial charge in [-0.1, -0.05) is 36.0 Å². The summed E-state index contributed by atoms with van der Waals surface area (Å²) in [6, 6.07) is 17.7. The van der Waals surface area contributed by atoms with Gasteiger partial charge >= 0.3 is 0 Å². The fourth-order valence-corrected chi connectivity index (χ4v) is 4.05. The Morgan fingerprint density at radius 1 is 1.03 bits per heavy atom. The lowest BCUT2D eigenvalue weighted by Crippen LogP contribution is -2.27. The number of rotatable bonds is 6. The Labute approximate surface area is 177 Å². The molecule has 1 amide bonds. The summed E-state index contributed by atoms with van der Waals surface area (Å²) in [6.07, 6.45) is 0. The van der Waals surface area contributed by atoms with Crippen LogP contribution in [0.15, 0.2) is 70.1 Å². The first-order valence-corrected chi connectivity index (χ1v) is 10.4. The normalized spacial score (nSPS) is 11.0. The van der Waals surface area contributed by atoms with Crippen molar-refractivity contribution in [3.63, 3.8) is 0 Å². The number of halogens is 1. The lowest BCUT2D eigenvalue weighted by atomic mass is 10.1. The Bertz CT molecular complexity index is 1190. The number of thioether (sulfide) groups is 1. The van der Waals surface area contributed by atoms with Crippen molar-refractivity contribution in [1.82, 2.24) is 15.1 Å². The van der Waals surface area contributed by atoms with Gasteiger partial charge in [-0.05, 0) is 43.3 Å². The summed E-state index contributed by atoms with van der Waals surface area (Å²) in [7, 11) is 1.75. The lowest BCUT2D eigenvalue weighted by Gasteiger charge is -2.15. The van der Waals surface area contributed by atoms with E-state index >= 15 is 0 Å². The van der Waals surface area contributed by atoms with Gasteiger partial charge in [-0.15, -0.1) is 10.2 Å². The third kappa shape index (κ3) is 4.36. The average molecular weight is 421 g/mol. The van der Waals surface area contributed by atoms with Crippen LogP contribution < -0.4 is 0 Å². The molecule has 4 aromatic rings. The standard InChI is InChI=1S/C23H20FN3O2S/c1-15-7-12-18(29-15)13-27(2)21(28)14-30-23-20-6-4-3-5-19(20)22(25-26-23)16-8-10-17(24)11-9-16/h3-12H,13-14H2,1-2H3. The molecule has 0 aliphatic rings. The molecule has 7 heteroatoms. The van der Waals surface area contributed by atoms with Crippen LogP contribution >= 0.6 is 11.8 Å². The summed E-state index contributed by atoms with van der Waals surface area (Å²) in [5, 5.41) is 11.2. The van der Waals surface area contributed by atoms with Crippen LogP contribution in [0.2, 0.25) is 0 Å². The molecule has 0 fully saturated rings. The van der Waals surface area contributed by atoms with Gasteiger partial charge in [-0.2, -0.15) is 0 Å². The van der Waals surface area contributed by atoms with E-state index in [0.717, 1.165) is 27.9 Å². The highest BCUT2D eigenvalue weighted by molar-refractivity contribution is 8.00. The molecule has 0 aliphatic heterocycles. The zero-order chi connectivity index (χ0) is 21.1. The number of hydrogen-bond acceptors (Lipinski definition) is 5. The minimum Gasteiger partial charge on any atom is -0.464 e. The van der Waals surface area contributed by atoms with Crippen molar-refractivity contribution in [2.45, 2.75) is 18.5 Å². The quantitative estimate of drug-likeness (QED) is 0.406. The molecule has 0 N–H and O–H groups in total. The van der Waals surface area contributed by atoms with Crippen LogP contribution in [0.4, 0.5) is 4.39 Å². The summed E-state index contributed by atoms with van der Waals surface area (Å²) < 4.78 is 18.8. The van der Waals surface area contributed by atoms with Crippen LogP contribution in [-0.4, -0.2) is 33.8 Å². The van der Waals surface area contributed by atoms with Crippen molar-refractivity contribution < 1.29 is 13.6 Å². The van der Waals surface area contributed by atoms with Crippen LogP contribution in [0.1, 0.15) is 11.5 Å². The van der Waals surface area contributed by atoms with Gasteiger partial charge < -0.3 is 9.32 Å². The molecule has 2 aromatic carbocycles. The van der Waals surface area contributed by atoms with E-state index in [0.29, 0.717) is 17.3 Å². The van der Waals surface area contributed by atoms with Crippen molar-refractivity contribution in [2.75, 3.05) is 12.8 Å². The Morgan fingerprint density at radius 2 is 1.77 bits per heavy atom. The first-order chi connectivity index (χ1) is 14.5. The maximum absolute atomic E-state index is 13.3. The van der Waals surface area contributed by atoms with Gasteiger partial charge in [0.15, 0.2) is 0 Å². The van der Waals surface area contributed by atoms with Crippen LogP contribution in [0.3, 0.4) is 0 Å². The van der Waals surface area contributed by atoms with Crippen molar-refractivity contribution in [3.8, 4) is 11.3 Å². The Balaban J connectivity index is 1.52. The largest absolute Gasteiger partial charge is 0.464 e. The van der Waals surface area contributed by atoms with E-state index in [1.807, 2.05) is 43.3 Å². The fourth-order valence-electron chi connectivity index (χ4n) is 3.14. The van der Waals surface area contributed by atoms with Crippen LogP contribution in [0.5, 0.6) is 0 Å². The van der Waals surface area contributed by atoms with Gasteiger partial charge in [0.05, 0.1) is 12.3 Å². The molecule has 0 radical (unpaired) electrons. The number of aromatic nitrogens is 2. The molecule has 0 saturated heterocycles. The van der Waals surface area contributed by atoms with Crippen LogP contribution in [-0.2, 0) is 11.3 Å². The van der Waals surface area contributed by atoms with Gasteiger partial charge in [0.25, 0.3) is 0 Å². The molecular formula is C23H20FN3O2S. The second-order valence-electron chi connectivity index (χ2n) is 6.96. The van der Waals surface area contributed by atoms with Crippen molar-refractivity contribution >= 4 is 28.4 Å². The maximum atomic E-state index is 13.3. The predicted octanol–water partition coefficient (Wildman–Crippen LogP) is 5.09. The third-order valence-electron chi connectivity index (χ3n) is 4.72. The van der Waals surface area contributed by atoms with E-state index in [1.165, 1.54) is 23.9 Å². The lowest BCUT2D eigenvalue weighted by molar-refractivity contribution is -0.127. The number of nitrogens with zero attached hydrogens (tertiary/aromatic N) is 3. The molecule has 0 aliphatic carbocycles. The minimum absolute atomic E-state index is 0.0254. The molecule has 2 heterocycles. The molecule has 2 aromatic heterocycles. The SMILES string of the molecule is Cc1ccc(CN(C)C(=O)CSc2nnc(-c3ccc(F)cc3)c3ccccc23)o1. The molecule has 4 rings (SSSR count). The molecular weight excluding hydrogens is 401 g/mol. The highest BCUT2D eigenvalue weighted by Gasteiger charge is 2.15.